The Balaban J connectivity index is 3.36. The molecule has 0 fully saturated rings. The summed E-state index contributed by atoms with van der Waals surface area (Å²) in [5.41, 5.74) is 3.02. The number of nitrogens with zero attached hydrogens (tertiary/aromatic N) is 3. The lowest BCUT2D eigenvalue weighted by Gasteiger charge is -2.17. The van der Waals surface area contributed by atoms with Crippen LogP contribution in [0.1, 0.15) is 18.1 Å². The molecule has 1 N–H and O–H groups in total. The topological polar surface area (TPSA) is 48.2 Å². The van der Waals surface area contributed by atoms with Gasteiger partial charge in [-0.3, -0.25) is 0 Å². The molecule has 100 valence electrons. The molecule has 1 aromatic rings. The van der Waals surface area contributed by atoms with Gasteiger partial charge in [0.25, 0.3) is 0 Å². The van der Waals surface area contributed by atoms with Crippen molar-refractivity contribution in [1.82, 2.24) is 0 Å². The number of phenolic OH excluding ortho intramolecular Hbond substituents is 1. The van der Waals surface area contributed by atoms with E-state index in [1.54, 1.807) is 12.2 Å². The SMILES string of the molecule is C=C/C=N/N(/N=C(\C)C=C)c1cc(C)cc(C)c1O. The quantitative estimate of drug-likeness (QED) is 0.647. The van der Waals surface area contributed by atoms with Gasteiger partial charge >= 0.3 is 0 Å². The Morgan fingerprint density at radius 1 is 1.32 bits per heavy atom. The van der Waals surface area contributed by atoms with E-state index in [0.29, 0.717) is 11.4 Å². The van der Waals surface area contributed by atoms with E-state index in [4.69, 9.17) is 0 Å². The van der Waals surface area contributed by atoms with Crippen molar-refractivity contribution in [3.05, 3.63) is 48.6 Å². The van der Waals surface area contributed by atoms with E-state index in [2.05, 4.69) is 23.4 Å². The van der Waals surface area contributed by atoms with Crippen LogP contribution in [0, 0.1) is 13.8 Å². The van der Waals surface area contributed by atoms with Crippen LogP contribution in [0.3, 0.4) is 0 Å². The van der Waals surface area contributed by atoms with Crippen molar-refractivity contribution >= 4 is 17.6 Å². The Kier molecular flexibility index (Phi) is 5.06. The van der Waals surface area contributed by atoms with E-state index in [1.165, 1.54) is 11.3 Å². The molecule has 0 amide bonds. The average Bonchev–Trinajstić information content (AvgIpc) is 2.38. The second-order valence-corrected chi connectivity index (χ2v) is 4.18. The summed E-state index contributed by atoms with van der Waals surface area (Å²) in [4.78, 5) is 0. The van der Waals surface area contributed by atoms with Gasteiger partial charge < -0.3 is 5.11 Å². The van der Waals surface area contributed by atoms with Crippen LogP contribution in [0.15, 0.2) is 47.6 Å². The van der Waals surface area contributed by atoms with Gasteiger partial charge in [-0.1, -0.05) is 19.2 Å². The molecule has 0 aromatic heterocycles. The van der Waals surface area contributed by atoms with Gasteiger partial charge in [-0.2, -0.15) is 10.2 Å². The Bertz CT molecular complexity index is 545. The first-order valence-corrected chi connectivity index (χ1v) is 5.92. The number of aromatic hydroxyl groups is 1. The van der Waals surface area contributed by atoms with Crippen molar-refractivity contribution in [3.8, 4) is 5.75 Å². The first kappa shape index (κ1) is 14.7. The van der Waals surface area contributed by atoms with Gasteiger partial charge in [0.15, 0.2) is 0 Å². The van der Waals surface area contributed by atoms with Crippen LogP contribution < -0.4 is 5.12 Å². The van der Waals surface area contributed by atoms with E-state index in [-0.39, 0.29) is 5.75 Å². The molecule has 0 spiro atoms. The molecule has 0 aliphatic heterocycles. The molecule has 0 heterocycles. The third-order valence-electron chi connectivity index (χ3n) is 2.47. The maximum absolute atomic E-state index is 10.1. The molecule has 1 aromatic carbocycles. The molecule has 1 rings (SSSR count). The summed E-state index contributed by atoms with van der Waals surface area (Å²) in [6.07, 6.45) is 4.68. The Labute approximate surface area is 114 Å². The van der Waals surface area contributed by atoms with Crippen LogP contribution in [0.5, 0.6) is 5.75 Å². The smallest absolute Gasteiger partial charge is 0.146 e. The number of hydrogen-bond acceptors (Lipinski definition) is 4. The highest BCUT2D eigenvalue weighted by Gasteiger charge is 2.12. The van der Waals surface area contributed by atoms with Crippen molar-refractivity contribution in [2.24, 2.45) is 10.2 Å². The summed E-state index contributed by atoms with van der Waals surface area (Å²) >= 11 is 0. The lowest BCUT2D eigenvalue weighted by Crippen LogP contribution is -2.11. The fourth-order valence-electron chi connectivity index (χ4n) is 1.53. The van der Waals surface area contributed by atoms with Crippen molar-refractivity contribution in [3.63, 3.8) is 0 Å². The van der Waals surface area contributed by atoms with Crippen molar-refractivity contribution < 1.29 is 5.11 Å². The number of allylic oxidation sites excluding steroid dienone is 2. The number of anilines is 1. The summed E-state index contributed by atoms with van der Waals surface area (Å²) < 4.78 is 0. The molecule has 0 saturated heterocycles. The summed E-state index contributed by atoms with van der Waals surface area (Å²) in [6, 6.07) is 3.72. The molecule has 0 radical (unpaired) electrons. The Morgan fingerprint density at radius 3 is 2.58 bits per heavy atom. The summed E-state index contributed by atoms with van der Waals surface area (Å²) in [5.74, 6) is 0.160. The molecule has 0 aliphatic rings. The van der Waals surface area contributed by atoms with Gasteiger partial charge in [0.1, 0.15) is 11.4 Å². The minimum Gasteiger partial charge on any atom is -0.505 e. The van der Waals surface area contributed by atoms with Gasteiger partial charge in [0.05, 0.1) is 5.71 Å². The second kappa shape index (κ2) is 6.54. The minimum atomic E-state index is 0.160. The van der Waals surface area contributed by atoms with Crippen molar-refractivity contribution in [2.45, 2.75) is 20.8 Å². The van der Waals surface area contributed by atoms with Crippen LogP contribution in [-0.2, 0) is 0 Å². The monoisotopic (exact) mass is 257 g/mol. The minimum absolute atomic E-state index is 0.160. The Hall–Kier alpha value is -2.36. The zero-order chi connectivity index (χ0) is 14.4. The molecular weight excluding hydrogens is 238 g/mol. The zero-order valence-corrected chi connectivity index (χ0v) is 11.6. The highest BCUT2D eigenvalue weighted by Crippen LogP contribution is 2.32. The number of aryl methyl sites for hydroxylation is 2. The molecule has 0 atom stereocenters. The number of benzene rings is 1. The largest absolute Gasteiger partial charge is 0.505 e. The first-order chi connectivity index (χ1) is 8.99. The van der Waals surface area contributed by atoms with Gasteiger partial charge in [-0.25, -0.2) is 0 Å². The molecule has 4 heteroatoms. The average molecular weight is 257 g/mol. The van der Waals surface area contributed by atoms with Gasteiger partial charge in [-0.05, 0) is 50.1 Å². The normalized spacial score (nSPS) is 11.6. The predicted octanol–water partition coefficient (Wildman–Crippen LogP) is 3.55. The Morgan fingerprint density at radius 2 is 2.00 bits per heavy atom. The lowest BCUT2D eigenvalue weighted by molar-refractivity contribution is 0.470. The third-order valence-corrected chi connectivity index (χ3v) is 2.47. The molecule has 0 saturated carbocycles. The van der Waals surface area contributed by atoms with Crippen LogP contribution in [-0.4, -0.2) is 17.0 Å². The van der Waals surface area contributed by atoms with Gasteiger partial charge in [-0.15, -0.1) is 5.12 Å². The molecule has 0 unspecified atom stereocenters. The third kappa shape index (κ3) is 3.81. The molecule has 19 heavy (non-hydrogen) atoms. The maximum Gasteiger partial charge on any atom is 0.146 e. The molecule has 4 nitrogen and oxygen atoms in total. The van der Waals surface area contributed by atoms with Crippen LogP contribution >= 0.6 is 0 Å². The fourth-order valence-corrected chi connectivity index (χ4v) is 1.53. The van der Waals surface area contributed by atoms with Crippen molar-refractivity contribution in [1.29, 1.82) is 0 Å². The predicted molar refractivity (Wildman–Crippen MR) is 82.1 cm³/mol. The highest BCUT2D eigenvalue weighted by molar-refractivity contribution is 5.93. The summed E-state index contributed by atoms with van der Waals surface area (Å²) in [6.45, 7) is 12.8. The second-order valence-electron chi connectivity index (χ2n) is 4.18. The first-order valence-electron chi connectivity index (χ1n) is 5.92. The van der Waals surface area contributed by atoms with Gasteiger partial charge in [0, 0.05) is 6.21 Å². The molecule has 0 bridgehead atoms. The lowest BCUT2D eigenvalue weighted by atomic mass is 10.1. The van der Waals surface area contributed by atoms with E-state index >= 15 is 0 Å². The maximum atomic E-state index is 10.1. The number of rotatable bonds is 5. The molecular formula is C15H19N3O. The highest BCUT2D eigenvalue weighted by atomic mass is 16.3. The van der Waals surface area contributed by atoms with E-state index in [1.807, 2.05) is 32.9 Å². The number of hydrogen-bond donors (Lipinski definition) is 1. The van der Waals surface area contributed by atoms with E-state index < -0.39 is 0 Å². The van der Waals surface area contributed by atoms with Crippen molar-refractivity contribution in [2.75, 3.05) is 5.12 Å². The van der Waals surface area contributed by atoms with E-state index in [0.717, 1.165) is 11.1 Å². The number of hydrazone groups is 2. The molecule has 0 aliphatic carbocycles. The number of phenols is 1. The van der Waals surface area contributed by atoms with Crippen LogP contribution in [0.4, 0.5) is 5.69 Å². The van der Waals surface area contributed by atoms with E-state index in [9.17, 15) is 5.11 Å². The van der Waals surface area contributed by atoms with Crippen LogP contribution in [0.25, 0.3) is 0 Å². The summed E-state index contributed by atoms with van der Waals surface area (Å²) in [7, 11) is 0. The van der Waals surface area contributed by atoms with Gasteiger partial charge in [0.2, 0.25) is 0 Å². The summed E-state index contributed by atoms with van der Waals surface area (Å²) in [5, 5.41) is 19.9. The fraction of sp³-hybridized carbons (Fsp3) is 0.200. The standard InChI is InChI=1S/C15H19N3O/c1-6-8-16-18(17-13(5)7-2)14-10-11(3)9-12(4)15(14)19/h6-10,19H,1-2H2,3-5H3/b16-8+,17-13+. The van der Waals surface area contributed by atoms with Crippen LogP contribution in [0.2, 0.25) is 0 Å². The zero-order valence-electron chi connectivity index (χ0n) is 11.6.